The van der Waals surface area contributed by atoms with E-state index in [0.29, 0.717) is 0 Å². The number of aromatic nitrogens is 1. The maximum absolute atomic E-state index is 11.5. The predicted octanol–water partition coefficient (Wildman–Crippen LogP) is -0.964. The number of nitrogens with one attached hydrogen (secondary N) is 2. The summed E-state index contributed by atoms with van der Waals surface area (Å²) < 4.78 is 25.3. The molecule has 6 nitrogen and oxygen atoms in total. The molecule has 1 rings (SSSR count). The Morgan fingerprint density at radius 3 is 2.73 bits per heavy atom. The molecular formula is C8H14N2O4S. The molecule has 1 unspecified atom stereocenters. The Morgan fingerprint density at radius 1 is 1.60 bits per heavy atom. The van der Waals surface area contributed by atoms with E-state index in [0.717, 1.165) is 0 Å². The molecule has 0 bridgehead atoms. The molecule has 0 radical (unpaired) electrons. The van der Waals surface area contributed by atoms with Gasteiger partial charge in [-0.1, -0.05) is 0 Å². The highest BCUT2D eigenvalue weighted by molar-refractivity contribution is 7.89. The molecular weight excluding hydrogens is 220 g/mol. The zero-order valence-electron chi connectivity index (χ0n) is 8.27. The normalized spacial score (nSPS) is 16.2. The molecule has 15 heavy (non-hydrogen) atoms. The maximum atomic E-state index is 11.5. The minimum Gasteiger partial charge on any atom is -0.393 e. The molecule has 7 heteroatoms. The van der Waals surface area contributed by atoms with Gasteiger partial charge in [-0.2, -0.15) is 0 Å². The molecule has 1 aromatic heterocycles. The molecule has 0 aliphatic carbocycles. The van der Waals surface area contributed by atoms with E-state index in [9.17, 15) is 13.5 Å². The molecule has 1 heterocycles. The molecule has 0 saturated heterocycles. The first-order valence-corrected chi connectivity index (χ1v) is 5.81. The fourth-order valence-corrected chi connectivity index (χ4v) is 2.00. The highest BCUT2D eigenvalue weighted by Gasteiger charge is 2.23. The zero-order valence-corrected chi connectivity index (χ0v) is 9.08. The van der Waals surface area contributed by atoms with E-state index in [4.69, 9.17) is 5.11 Å². The van der Waals surface area contributed by atoms with Crippen LogP contribution in [0.1, 0.15) is 6.92 Å². The quantitative estimate of drug-likeness (QED) is 0.526. The van der Waals surface area contributed by atoms with Gasteiger partial charge in [-0.15, -0.1) is 0 Å². The monoisotopic (exact) mass is 234 g/mol. The molecule has 1 aromatic rings. The lowest BCUT2D eigenvalue weighted by Gasteiger charge is -2.20. The topological polar surface area (TPSA) is 102 Å². The van der Waals surface area contributed by atoms with Crippen LogP contribution in [-0.4, -0.2) is 42.4 Å². The van der Waals surface area contributed by atoms with Crippen molar-refractivity contribution in [2.45, 2.75) is 17.4 Å². The summed E-state index contributed by atoms with van der Waals surface area (Å²) in [6.07, 6.45) is 2.81. The van der Waals surface area contributed by atoms with Crippen molar-refractivity contribution in [2.24, 2.45) is 0 Å². The van der Waals surface area contributed by atoms with Crippen molar-refractivity contribution in [3.8, 4) is 0 Å². The van der Waals surface area contributed by atoms with Crippen LogP contribution in [-0.2, 0) is 10.0 Å². The van der Waals surface area contributed by atoms with Crippen LogP contribution in [0.5, 0.6) is 0 Å². The Kier molecular flexibility index (Phi) is 3.50. The highest BCUT2D eigenvalue weighted by atomic mass is 32.2. The molecule has 0 aliphatic heterocycles. The molecule has 0 saturated carbocycles. The number of aliphatic hydroxyl groups excluding tert-OH is 1. The molecule has 0 fully saturated rings. The first kappa shape index (κ1) is 12.2. The van der Waals surface area contributed by atoms with Crippen LogP contribution in [0.4, 0.5) is 0 Å². The van der Waals surface area contributed by atoms with Gasteiger partial charge < -0.3 is 15.2 Å². The summed E-state index contributed by atoms with van der Waals surface area (Å²) in [7, 11) is -3.61. The van der Waals surface area contributed by atoms with Crippen molar-refractivity contribution in [2.75, 3.05) is 13.2 Å². The second-order valence-electron chi connectivity index (χ2n) is 3.53. The number of hydrogen-bond acceptors (Lipinski definition) is 4. The number of sulfonamides is 1. The van der Waals surface area contributed by atoms with Crippen molar-refractivity contribution in [1.29, 1.82) is 0 Å². The van der Waals surface area contributed by atoms with Crippen LogP contribution in [0.15, 0.2) is 23.4 Å². The molecule has 0 spiro atoms. The van der Waals surface area contributed by atoms with E-state index >= 15 is 0 Å². The van der Waals surface area contributed by atoms with E-state index < -0.39 is 22.2 Å². The smallest absolute Gasteiger partial charge is 0.242 e. The van der Waals surface area contributed by atoms with E-state index in [1.165, 1.54) is 25.4 Å². The predicted molar refractivity (Wildman–Crippen MR) is 53.7 cm³/mol. The Balaban J connectivity index is 2.67. The second-order valence-corrected chi connectivity index (χ2v) is 5.29. The molecule has 0 aromatic carbocycles. The van der Waals surface area contributed by atoms with Crippen LogP contribution in [0.3, 0.4) is 0 Å². The van der Waals surface area contributed by atoms with Gasteiger partial charge >= 0.3 is 0 Å². The summed E-state index contributed by atoms with van der Waals surface area (Å²) in [6.45, 7) is 0.590. The van der Waals surface area contributed by atoms with Gasteiger partial charge in [0, 0.05) is 18.9 Å². The van der Waals surface area contributed by atoms with Crippen LogP contribution < -0.4 is 4.72 Å². The minimum atomic E-state index is -3.61. The summed E-state index contributed by atoms with van der Waals surface area (Å²) in [6, 6.07) is 1.40. The van der Waals surface area contributed by atoms with Crippen molar-refractivity contribution in [1.82, 2.24) is 9.71 Å². The summed E-state index contributed by atoms with van der Waals surface area (Å²) in [5.74, 6) is 0. The molecule has 86 valence electrons. The first-order chi connectivity index (χ1) is 6.87. The average Bonchev–Trinajstić information content (AvgIpc) is 2.69. The third-order valence-electron chi connectivity index (χ3n) is 1.86. The van der Waals surface area contributed by atoms with Gasteiger partial charge in [0.1, 0.15) is 0 Å². The molecule has 0 amide bonds. The van der Waals surface area contributed by atoms with Crippen LogP contribution in [0.2, 0.25) is 0 Å². The molecule has 1 atom stereocenters. The SMILES string of the molecule is CC(O)(CO)CNS(=O)(=O)c1cc[nH]c1. The number of H-pyrrole nitrogens is 1. The van der Waals surface area contributed by atoms with E-state index in [1.807, 2.05) is 0 Å². The fraction of sp³-hybridized carbons (Fsp3) is 0.500. The highest BCUT2D eigenvalue weighted by Crippen LogP contribution is 2.07. The van der Waals surface area contributed by atoms with E-state index in [2.05, 4.69) is 9.71 Å². The van der Waals surface area contributed by atoms with Gasteiger partial charge in [0.15, 0.2) is 0 Å². The maximum Gasteiger partial charge on any atom is 0.242 e. The summed E-state index contributed by atoms with van der Waals surface area (Å²) in [4.78, 5) is 2.71. The van der Waals surface area contributed by atoms with Gasteiger partial charge in [-0.25, -0.2) is 13.1 Å². The molecule has 0 aliphatic rings. The van der Waals surface area contributed by atoms with Gasteiger partial charge in [0.2, 0.25) is 10.0 Å². The number of hydrogen-bond donors (Lipinski definition) is 4. The lowest BCUT2D eigenvalue weighted by atomic mass is 10.1. The van der Waals surface area contributed by atoms with Crippen molar-refractivity contribution >= 4 is 10.0 Å². The largest absolute Gasteiger partial charge is 0.393 e. The number of rotatable bonds is 5. The van der Waals surface area contributed by atoms with Gasteiger partial charge in [-0.3, -0.25) is 0 Å². The summed E-state index contributed by atoms with van der Waals surface area (Å²) in [5, 5.41) is 18.1. The third kappa shape index (κ3) is 3.31. The minimum absolute atomic E-state index is 0.0937. The Labute approximate surface area is 88.0 Å². The van der Waals surface area contributed by atoms with Crippen molar-refractivity contribution in [3.63, 3.8) is 0 Å². The van der Waals surface area contributed by atoms with Crippen LogP contribution in [0.25, 0.3) is 0 Å². The summed E-state index contributed by atoms with van der Waals surface area (Å²) >= 11 is 0. The third-order valence-corrected chi connectivity index (χ3v) is 3.26. The average molecular weight is 234 g/mol. The van der Waals surface area contributed by atoms with Crippen LogP contribution in [0, 0.1) is 0 Å². The first-order valence-electron chi connectivity index (χ1n) is 4.33. The van der Waals surface area contributed by atoms with Crippen molar-refractivity contribution < 1.29 is 18.6 Å². The Bertz CT molecular complexity index is 396. The Morgan fingerprint density at radius 2 is 2.27 bits per heavy atom. The zero-order chi connectivity index (χ0) is 11.5. The molecule has 4 N–H and O–H groups in total. The Hall–Kier alpha value is -0.890. The lowest BCUT2D eigenvalue weighted by molar-refractivity contribution is 0.00681. The number of aliphatic hydroxyl groups is 2. The van der Waals surface area contributed by atoms with Gasteiger partial charge in [-0.05, 0) is 13.0 Å². The van der Waals surface area contributed by atoms with E-state index in [1.54, 1.807) is 0 Å². The van der Waals surface area contributed by atoms with E-state index in [-0.39, 0.29) is 11.4 Å². The second kappa shape index (κ2) is 4.31. The fourth-order valence-electron chi connectivity index (χ4n) is 0.865. The van der Waals surface area contributed by atoms with Gasteiger partial charge in [0.05, 0.1) is 17.1 Å². The van der Waals surface area contributed by atoms with Gasteiger partial charge in [0.25, 0.3) is 0 Å². The summed E-state index contributed by atoms with van der Waals surface area (Å²) in [5.41, 5.74) is -1.45. The lowest BCUT2D eigenvalue weighted by Crippen LogP contribution is -2.43. The van der Waals surface area contributed by atoms with Crippen LogP contribution >= 0.6 is 0 Å². The standard InChI is InChI=1S/C8H14N2O4S/c1-8(12,6-11)5-10-15(13,14)7-2-3-9-4-7/h2-4,9-12H,5-6H2,1H3. The van der Waals surface area contributed by atoms with Crippen molar-refractivity contribution in [3.05, 3.63) is 18.5 Å². The number of aromatic amines is 1.